The summed E-state index contributed by atoms with van der Waals surface area (Å²) in [5, 5.41) is 0. The number of likely N-dealkylation sites (N-methyl/N-ethyl adjacent to an activating group) is 3. The standard InChI is InChI=1S/C36H59N3O8/c1-22(2)19-28(34(43)46-25(6)31(40)37(10)11)39(13)33(42)30(21-26-15-17-27(18-16-26)36(7,8)9)47-35(44)29(20-23(3)4)38(12)32(41)24(5)45-14/h15-18,22-25,28-30H,19-21H2,1-14H3/t24-,25-,28+,29+,30-/m1/s1. The van der Waals surface area contributed by atoms with Crippen LogP contribution in [0, 0.1) is 11.8 Å². The normalized spacial score (nSPS) is 14.9. The van der Waals surface area contributed by atoms with E-state index < -0.39 is 60.1 Å². The summed E-state index contributed by atoms with van der Waals surface area (Å²) in [6.07, 6.45) is -2.54. The van der Waals surface area contributed by atoms with Crippen LogP contribution in [0.15, 0.2) is 24.3 Å². The Kier molecular flexibility index (Phi) is 16.1. The number of carbonyl (C=O) groups is 5. The maximum Gasteiger partial charge on any atom is 0.329 e. The highest BCUT2D eigenvalue weighted by atomic mass is 16.6. The van der Waals surface area contributed by atoms with Gasteiger partial charge in [-0.2, -0.15) is 0 Å². The quantitative estimate of drug-likeness (QED) is 0.241. The van der Waals surface area contributed by atoms with Crippen LogP contribution in [0.1, 0.15) is 86.3 Å². The first-order chi connectivity index (χ1) is 21.6. The molecule has 266 valence electrons. The zero-order valence-electron chi connectivity index (χ0n) is 31.1. The molecule has 0 saturated carbocycles. The number of carbonyl (C=O) groups excluding carboxylic acids is 5. The zero-order chi connectivity index (χ0) is 36.4. The van der Waals surface area contributed by atoms with Gasteiger partial charge in [0.1, 0.15) is 18.2 Å². The van der Waals surface area contributed by atoms with Gasteiger partial charge in [0.05, 0.1) is 0 Å². The number of ether oxygens (including phenoxy) is 3. The van der Waals surface area contributed by atoms with E-state index in [1.54, 1.807) is 21.0 Å². The van der Waals surface area contributed by atoms with Gasteiger partial charge >= 0.3 is 11.9 Å². The number of rotatable bonds is 16. The third kappa shape index (κ3) is 12.6. The summed E-state index contributed by atoms with van der Waals surface area (Å²) in [5.41, 5.74) is 1.77. The topological polar surface area (TPSA) is 123 Å². The predicted molar refractivity (Wildman–Crippen MR) is 181 cm³/mol. The lowest BCUT2D eigenvalue weighted by atomic mass is 9.86. The first-order valence-electron chi connectivity index (χ1n) is 16.4. The lowest BCUT2D eigenvalue weighted by Crippen LogP contribution is -2.52. The molecule has 0 radical (unpaired) electrons. The second-order valence-corrected chi connectivity index (χ2v) is 14.5. The number of methoxy groups -OCH3 is 1. The van der Waals surface area contributed by atoms with Crippen molar-refractivity contribution < 1.29 is 38.2 Å². The molecule has 1 aromatic rings. The average molecular weight is 662 g/mol. The predicted octanol–water partition coefficient (Wildman–Crippen LogP) is 4.24. The molecule has 11 nitrogen and oxygen atoms in total. The molecular weight excluding hydrogens is 602 g/mol. The number of hydrogen-bond acceptors (Lipinski definition) is 8. The van der Waals surface area contributed by atoms with E-state index in [-0.39, 0.29) is 30.1 Å². The van der Waals surface area contributed by atoms with E-state index in [2.05, 4.69) is 20.8 Å². The molecule has 0 heterocycles. The van der Waals surface area contributed by atoms with Gasteiger partial charge in [-0.1, -0.05) is 72.7 Å². The molecule has 0 bridgehead atoms. The van der Waals surface area contributed by atoms with Gasteiger partial charge in [0.2, 0.25) is 0 Å². The van der Waals surface area contributed by atoms with Gasteiger partial charge in [0, 0.05) is 41.7 Å². The zero-order valence-corrected chi connectivity index (χ0v) is 31.1. The summed E-state index contributed by atoms with van der Waals surface area (Å²) in [6, 6.07) is 5.73. The SMILES string of the molecule is CO[C@H](C)C(=O)N(C)[C@@H](CC(C)C)C(=O)O[C@H](Cc1ccc(C(C)(C)C)cc1)C(=O)N(C)[C@@H](CC(C)C)C(=O)O[C@H](C)C(=O)N(C)C. The maximum absolute atomic E-state index is 14.2. The van der Waals surface area contributed by atoms with Crippen LogP contribution in [0.2, 0.25) is 0 Å². The monoisotopic (exact) mass is 661 g/mol. The second kappa shape index (κ2) is 18.2. The van der Waals surface area contributed by atoms with Crippen molar-refractivity contribution in [1.29, 1.82) is 0 Å². The summed E-state index contributed by atoms with van der Waals surface area (Å²) in [4.78, 5) is 70.8. The van der Waals surface area contributed by atoms with Gasteiger partial charge in [-0.3, -0.25) is 14.4 Å². The van der Waals surface area contributed by atoms with Crippen molar-refractivity contribution in [2.24, 2.45) is 11.8 Å². The Morgan fingerprint density at radius 2 is 1.11 bits per heavy atom. The molecule has 47 heavy (non-hydrogen) atoms. The fourth-order valence-corrected chi connectivity index (χ4v) is 5.06. The number of esters is 2. The van der Waals surface area contributed by atoms with Crippen molar-refractivity contribution in [3.05, 3.63) is 35.4 Å². The lowest BCUT2D eigenvalue weighted by molar-refractivity contribution is -0.172. The van der Waals surface area contributed by atoms with Gasteiger partial charge in [-0.15, -0.1) is 0 Å². The van der Waals surface area contributed by atoms with Gasteiger partial charge in [-0.05, 0) is 55.1 Å². The van der Waals surface area contributed by atoms with Crippen molar-refractivity contribution in [2.45, 2.75) is 117 Å². The highest BCUT2D eigenvalue weighted by Crippen LogP contribution is 2.24. The molecule has 0 aliphatic rings. The summed E-state index contributed by atoms with van der Waals surface area (Å²) < 4.78 is 16.7. The van der Waals surface area contributed by atoms with Crippen LogP contribution in [-0.4, -0.2) is 110 Å². The average Bonchev–Trinajstić information content (AvgIpc) is 2.99. The largest absolute Gasteiger partial charge is 0.451 e. The van der Waals surface area contributed by atoms with E-state index in [1.807, 2.05) is 52.0 Å². The van der Waals surface area contributed by atoms with E-state index in [0.29, 0.717) is 6.42 Å². The molecule has 11 heteroatoms. The minimum atomic E-state index is -1.31. The minimum absolute atomic E-state index is 0.00791. The molecule has 1 aromatic carbocycles. The molecule has 5 atom stereocenters. The smallest absolute Gasteiger partial charge is 0.329 e. The Labute approximate surface area is 282 Å². The molecule has 0 aliphatic heterocycles. The summed E-state index contributed by atoms with van der Waals surface area (Å²) in [5.74, 6) is -2.83. The summed E-state index contributed by atoms with van der Waals surface area (Å²) in [7, 11) is 7.53. The highest BCUT2D eigenvalue weighted by molar-refractivity contribution is 5.91. The molecule has 0 N–H and O–H groups in total. The van der Waals surface area contributed by atoms with Gasteiger partial charge in [0.25, 0.3) is 17.7 Å². The molecule has 0 aliphatic carbocycles. The molecule has 0 spiro atoms. The van der Waals surface area contributed by atoms with Crippen LogP contribution in [0.5, 0.6) is 0 Å². The number of nitrogens with zero attached hydrogens (tertiary/aromatic N) is 3. The van der Waals surface area contributed by atoms with E-state index in [1.165, 1.54) is 42.8 Å². The van der Waals surface area contributed by atoms with Crippen molar-refractivity contribution >= 4 is 29.7 Å². The molecule has 0 fully saturated rings. The molecule has 0 unspecified atom stereocenters. The van der Waals surface area contributed by atoms with E-state index in [9.17, 15) is 24.0 Å². The Bertz CT molecular complexity index is 1210. The number of amides is 3. The van der Waals surface area contributed by atoms with E-state index >= 15 is 0 Å². The fraction of sp³-hybridized carbons (Fsp3) is 0.694. The van der Waals surface area contributed by atoms with E-state index in [0.717, 1.165) is 11.1 Å². The molecular formula is C36H59N3O8. The third-order valence-electron chi connectivity index (χ3n) is 8.12. The Hall–Kier alpha value is -3.47. The summed E-state index contributed by atoms with van der Waals surface area (Å²) >= 11 is 0. The first-order valence-corrected chi connectivity index (χ1v) is 16.4. The van der Waals surface area contributed by atoms with Crippen LogP contribution in [0.4, 0.5) is 0 Å². The number of benzene rings is 1. The van der Waals surface area contributed by atoms with Gasteiger partial charge < -0.3 is 28.9 Å². The van der Waals surface area contributed by atoms with Crippen LogP contribution in [0.25, 0.3) is 0 Å². The highest BCUT2D eigenvalue weighted by Gasteiger charge is 2.39. The van der Waals surface area contributed by atoms with Crippen molar-refractivity contribution in [2.75, 3.05) is 35.3 Å². The van der Waals surface area contributed by atoms with Crippen molar-refractivity contribution in [3.8, 4) is 0 Å². The lowest BCUT2D eigenvalue weighted by Gasteiger charge is -2.33. The Balaban J connectivity index is 3.55. The minimum Gasteiger partial charge on any atom is -0.451 e. The van der Waals surface area contributed by atoms with Crippen molar-refractivity contribution in [3.63, 3.8) is 0 Å². The molecule has 3 amide bonds. The number of hydrogen-bond donors (Lipinski definition) is 0. The van der Waals surface area contributed by atoms with Gasteiger partial charge in [-0.25, -0.2) is 9.59 Å². The molecule has 1 rings (SSSR count). The summed E-state index contributed by atoms with van der Waals surface area (Å²) in [6.45, 7) is 17.1. The van der Waals surface area contributed by atoms with E-state index in [4.69, 9.17) is 14.2 Å². The van der Waals surface area contributed by atoms with Crippen LogP contribution in [0.3, 0.4) is 0 Å². The van der Waals surface area contributed by atoms with Crippen molar-refractivity contribution in [1.82, 2.24) is 14.7 Å². The fourth-order valence-electron chi connectivity index (χ4n) is 5.06. The third-order valence-corrected chi connectivity index (χ3v) is 8.12. The van der Waals surface area contributed by atoms with Crippen LogP contribution >= 0.6 is 0 Å². The van der Waals surface area contributed by atoms with Crippen LogP contribution in [-0.2, 0) is 50.0 Å². The molecule has 0 aromatic heterocycles. The maximum atomic E-state index is 14.2. The van der Waals surface area contributed by atoms with Crippen LogP contribution < -0.4 is 0 Å². The Morgan fingerprint density at radius 3 is 1.51 bits per heavy atom. The second-order valence-electron chi connectivity index (χ2n) is 14.5. The Morgan fingerprint density at radius 1 is 0.660 bits per heavy atom. The van der Waals surface area contributed by atoms with Gasteiger partial charge in [0.15, 0.2) is 12.2 Å². The molecule has 0 saturated heterocycles. The first kappa shape index (κ1) is 41.6.